The number of carbonyl (C=O) groups excluding carboxylic acids is 1. The van der Waals surface area contributed by atoms with Crippen molar-refractivity contribution in [2.24, 2.45) is 0 Å². The highest BCUT2D eigenvalue weighted by Crippen LogP contribution is 2.35. The molecule has 3 aromatic rings. The minimum atomic E-state index is -0.260. The Balaban J connectivity index is 1.58. The van der Waals surface area contributed by atoms with Gasteiger partial charge < -0.3 is 0 Å². The first-order chi connectivity index (χ1) is 13.1. The topological polar surface area (TPSA) is 89.8 Å². The third-order valence-corrected chi connectivity index (χ3v) is 7.28. The molecule has 1 saturated carbocycles. The lowest BCUT2D eigenvalue weighted by Crippen LogP contribution is -2.19. The van der Waals surface area contributed by atoms with Crippen molar-refractivity contribution in [1.82, 2.24) is 19.7 Å². The van der Waals surface area contributed by atoms with Gasteiger partial charge in [0.2, 0.25) is 5.13 Å². The van der Waals surface area contributed by atoms with E-state index in [4.69, 9.17) is 0 Å². The van der Waals surface area contributed by atoms with Gasteiger partial charge in [0.15, 0.2) is 0 Å². The van der Waals surface area contributed by atoms with Gasteiger partial charge in [-0.05, 0) is 32.3 Å². The SMILES string of the molecule is CCn1cnc2sc(C(=O)Nc3nnc(C4CCCCC4)s3)c(C)c2c1=O. The number of aromatic nitrogens is 4. The maximum absolute atomic E-state index is 12.8. The zero-order valence-electron chi connectivity index (χ0n) is 15.3. The molecule has 1 amide bonds. The van der Waals surface area contributed by atoms with Crippen LogP contribution in [0.25, 0.3) is 10.2 Å². The fraction of sp³-hybridized carbons (Fsp3) is 0.500. The minimum Gasteiger partial charge on any atom is -0.299 e. The van der Waals surface area contributed by atoms with Crippen molar-refractivity contribution in [3.8, 4) is 0 Å². The number of nitrogens with one attached hydrogen (secondary N) is 1. The lowest BCUT2D eigenvalue weighted by molar-refractivity contribution is 0.103. The zero-order valence-corrected chi connectivity index (χ0v) is 17.0. The smallest absolute Gasteiger partial charge is 0.267 e. The number of hydrogen-bond acceptors (Lipinski definition) is 7. The minimum absolute atomic E-state index is 0.106. The van der Waals surface area contributed by atoms with E-state index in [1.54, 1.807) is 11.5 Å². The Hall–Kier alpha value is -2.13. The summed E-state index contributed by atoms with van der Waals surface area (Å²) < 4.78 is 1.55. The molecule has 9 heteroatoms. The highest BCUT2D eigenvalue weighted by molar-refractivity contribution is 7.21. The van der Waals surface area contributed by atoms with E-state index in [9.17, 15) is 9.59 Å². The molecule has 0 spiro atoms. The van der Waals surface area contributed by atoms with Gasteiger partial charge in [-0.1, -0.05) is 30.6 Å². The van der Waals surface area contributed by atoms with Crippen LogP contribution in [-0.2, 0) is 6.54 Å². The second-order valence-corrected chi connectivity index (χ2v) is 8.81. The second-order valence-electron chi connectivity index (χ2n) is 6.81. The summed E-state index contributed by atoms with van der Waals surface area (Å²) >= 11 is 2.69. The van der Waals surface area contributed by atoms with Crippen LogP contribution < -0.4 is 10.9 Å². The molecule has 27 heavy (non-hydrogen) atoms. The molecule has 3 heterocycles. The molecule has 1 aliphatic rings. The van der Waals surface area contributed by atoms with Crippen molar-refractivity contribution >= 4 is 43.9 Å². The van der Waals surface area contributed by atoms with Crippen LogP contribution in [0.4, 0.5) is 5.13 Å². The maximum atomic E-state index is 12.8. The van der Waals surface area contributed by atoms with Crippen LogP contribution in [0.3, 0.4) is 0 Å². The molecule has 0 bridgehead atoms. The standard InChI is InChI=1S/C18H21N5O2S2/c1-3-23-9-19-16-12(17(23)25)10(2)13(26-16)14(24)20-18-22-21-15(27-18)11-7-5-4-6-8-11/h9,11H,3-8H2,1-2H3,(H,20,22,24). The Labute approximate surface area is 164 Å². The predicted molar refractivity (Wildman–Crippen MR) is 108 cm³/mol. The Morgan fingerprint density at radius 3 is 2.78 bits per heavy atom. The molecule has 3 aromatic heterocycles. The first-order valence-corrected chi connectivity index (χ1v) is 10.8. The molecule has 0 aromatic carbocycles. The Morgan fingerprint density at radius 2 is 2.04 bits per heavy atom. The highest BCUT2D eigenvalue weighted by Gasteiger charge is 2.23. The summed E-state index contributed by atoms with van der Waals surface area (Å²) in [6, 6.07) is 0. The average Bonchev–Trinajstić information content (AvgIpc) is 3.28. The van der Waals surface area contributed by atoms with E-state index in [0.717, 1.165) is 17.8 Å². The molecule has 1 aliphatic carbocycles. The first kappa shape index (κ1) is 18.2. The fourth-order valence-electron chi connectivity index (χ4n) is 3.55. The summed E-state index contributed by atoms with van der Waals surface area (Å²) in [5.41, 5.74) is 0.565. The molecule has 1 N–H and O–H groups in total. The molecule has 142 valence electrons. The summed E-state index contributed by atoms with van der Waals surface area (Å²) in [6.45, 7) is 4.24. The lowest BCUT2D eigenvalue weighted by atomic mass is 9.90. The van der Waals surface area contributed by atoms with Crippen LogP contribution in [0.2, 0.25) is 0 Å². The van der Waals surface area contributed by atoms with E-state index in [-0.39, 0.29) is 11.5 Å². The number of amides is 1. The number of carbonyl (C=O) groups is 1. The van der Waals surface area contributed by atoms with Crippen LogP contribution in [0.1, 0.15) is 65.2 Å². The summed E-state index contributed by atoms with van der Waals surface area (Å²) in [6.07, 6.45) is 7.58. The van der Waals surface area contributed by atoms with E-state index in [2.05, 4.69) is 20.5 Å². The van der Waals surface area contributed by atoms with Gasteiger partial charge >= 0.3 is 0 Å². The Kier molecular flexibility index (Phi) is 5.05. The molecular formula is C18H21N5O2S2. The van der Waals surface area contributed by atoms with E-state index in [1.807, 2.05) is 6.92 Å². The van der Waals surface area contributed by atoms with Gasteiger partial charge in [-0.3, -0.25) is 19.5 Å². The number of fused-ring (bicyclic) bond motifs is 1. The number of anilines is 1. The second kappa shape index (κ2) is 7.47. The van der Waals surface area contributed by atoms with E-state index in [1.165, 1.54) is 48.3 Å². The quantitative estimate of drug-likeness (QED) is 0.713. The molecule has 0 aliphatic heterocycles. The Morgan fingerprint density at radius 1 is 1.26 bits per heavy atom. The van der Waals surface area contributed by atoms with Crippen molar-refractivity contribution < 1.29 is 4.79 Å². The summed E-state index contributed by atoms with van der Waals surface area (Å²) in [7, 11) is 0. The summed E-state index contributed by atoms with van der Waals surface area (Å²) in [5.74, 6) is 0.203. The summed E-state index contributed by atoms with van der Waals surface area (Å²) in [4.78, 5) is 30.7. The van der Waals surface area contributed by atoms with Crippen molar-refractivity contribution in [1.29, 1.82) is 0 Å². The monoisotopic (exact) mass is 403 g/mol. The van der Waals surface area contributed by atoms with Gasteiger partial charge in [-0.15, -0.1) is 21.5 Å². The van der Waals surface area contributed by atoms with Gasteiger partial charge in [-0.25, -0.2) is 4.98 Å². The van der Waals surface area contributed by atoms with Crippen LogP contribution in [-0.4, -0.2) is 25.7 Å². The first-order valence-electron chi connectivity index (χ1n) is 9.21. The van der Waals surface area contributed by atoms with Gasteiger partial charge in [0.25, 0.3) is 11.5 Å². The van der Waals surface area contributed by atoms with Gasteiger partial charge in [0.05, 0.1) is 16.6 Å². The van der Waals surface area contributed by atoms with Crippen LogP contribution >= 0.6 is 22.7 Å². The van der Waals surface area contributed by atoms with Crippen molar-refractivity contribution in [2.45, 2.75) is 58.4 Å². The third-order valence-electron chi connectivity index (χ3n) is 5.08. The van der Waals surface area contributed by atoms with Gasteiger partial charge in [0, 0.05) is 12.5 Å². The number of hydrogen-bond donors (Lipinski definition) is 1. The van der Waals surface area contributed by atoms with Gasteiger partial charge in [-0.2, -0.15) is 0 Å². The average molecular weight is 404 g/mol. The number of nitrogens with zero attached hydrogens (tertiary/aromatic N) is 4. The lowest BCUT2D eigenvalue weighted by Gasteiger charge is -2.18. The molecule has 4 rings (SSSR count). The zero-order chi connectivity index (χ0) is 19.0. The molecule has 0 atom stereocenters. The molecule has 0 radical (unpaired) electrons. The van der Waals surface area contributed by atoms with Crippen LogP contribution in [0, 0.1) is 6.92 Å². The van der Waals surface area contributed by atoms with Crippen LogP contribution in [0.15, 0.2) is 11.1 Å². The molecule has 7 nitrogen and oxygen atoms in total. The summed E-state index contributed by atoms with van der Waals surface area (Å²) in [5, 5.41) is 13.3. The Bertz CT molecular complexity index is 1050. The van der Waals surface area contributed by atoms with E-state index in [0.29, 0.717) is 38.3 Å². The molecule has 0 unspecified atom stereocenters. The van der Waals surface area contributed by atoms with Gasteiger partial charge in [0.1, 0.15) is 9.84 Å². The molecule has 0 saturated heterocycles. The van der Waals surface area contributed by atoms with Crippen molar-refractivity contribution in [3.05, 3.63) is 32.1 Å². The molecule has 1 fully saturated rings. The number of rotatable bonds is 4. The van der Waals surface area contributed by atoms with Crippen molar-refractivity contribution in [3.63, 3.8) is 0 Å². The number of thiophene rings is 1. The van der Waals surface area contributed by atoms with E-state index < -0.39 is 0 Å². The highest BCUT2D eigenvalue weighted by atomic mass is 32.1. The van der Waals surface area contributed by atoms with Crippen LogP contribution in [0.5, 0.6) is 0 Å². The molecular weight excluding hydrogens is 382 g/mol. The van der Waals surface area contributed by atoms with Crippen molar-refractivity contribution in [2.75, 3.05) is 5.32 Å². The largest absolute Gasteiger partial charge is 0.299 e. The predicted octanol–water partition coefficient (Wildman–Crippen LogP) is 3.94. The third kappa shape index (κ3) is 3.41. The maximum Gasteiger partial charge on any atom is 0.267 e. The fourth-order valence-corrected chi connectivity index (χ4v) is 5.50. The number of aryl methyl sites for hydroxylation is 2. The normalized spacial score (nSPS) is 15.3. The van der Waals surface area contributed by atoms with E-state index >= 15 is 0 Å².